The van der Waals surface area contributed by atoms with E-state index < -0.39 is 0 Å². The summed E-state index contributed by atoms with van der Waals surface area (Å²) in [6, 6.07) is 8.84. The van der Waals surface area contributed by atoms with Gasteiger partial charge in [0.2, 0.25) is 0 Å². The molecule has 4 nitrogen and oxygen atoms in total. The maximum atomic E-state index is 4.20. The van der Waals surface area contributed by atoms with Crippen LogP contribution in [0.15, 0.2) is 35.5 Å². The van der Waals surface area contributed by atoms with Crippen molar-refractivity contribution in [1.29, 1.82) is 0 Å². The predicted octanol–water partition coefficient (Wildman–Crippen LogP) is 2.67. The number of para-hydroxylation sites is 1. The normalized spacial score (nSPS) is 12.1. The first-order chi connectivity index (χ1) is 9.70. The van der Waals surface area contributed by atoms with Crippen molar-refractivity contribution in [3.8, 4) is 0 Å². The third kappa shape index (κ3) is 3.76. The van der Waals surface area contributed by atoms with Crippen LogP contribution in [0, 0.1) is 0 Å². The Balaban J connectivity index is 1.81. The molecule has 0 fully saturated rings. The summed E-state index contributed by atoms with van der Waals surface area (Å²) in [6.07, 6.45) is 4.27. The molecule has 2 aromatic rings. The van der Waals surface area contributed by atoms with Crippen LogP contribution < -0.4 is 10.6 Å². The summed E-state index contributed by atoms with van der Waals surface area (Å²) >= 11 is 0. The Hall–Kier alpha value is -1.97. The lowest BCUT2D eigenvalue weighted by Crippen LogP contribution is -2.41. The highest BCUT2D eigenvalue weighted by Gasteiger charge is 2.03. The first-order valence-electron chi connectivity index (χ1n) is 7.23. The summed E-state index contributed by atoms with van der Waals surface area (Å²) in [5, 5.41) is 7.96. The van der Waals surface area contributed by atoms with Gasteiger partial charge in [-0.15, -0.1) is 0 Å². The monoisotopic (exact) mass is 272 g/mol. The summed E-state index contributed by atoms with van der Waals surface area (Å²) in [4.78, 5) is 7.52. The molecule has 2 rings (SSSR count). The summed E-state index contributed by atoms with van der Waals surface area (Å²) in [5.74, 6) is 0.874. The molecule has 0 atom stereocenters. The van der Waals surface area contributed by atoms with E-state index in [0.717, 1.165) is 25.3 Å². The fourth-order valence-electron chi connectivity index (χ4n) is 2.29. The van der Waals surface area contributed by atoms with E-state index in [9.17, 15) is 0 Å². The molecule has 1 heterocycles. The number of hydrogen-bond acceptors (Lipinski definition) is 1. The lowest BCUT2D eigenvalue weighted by molar-refractivity contribution is 0.686. The highest BCUT2D eigenvalue weighted by molar-refractivity contribution is 5.83. The average molecular weight is 272 g/mol. The van der Waals surface area contributed by atoms with Crippen LogP contribution in [-0.2, 0) is 6.42 Å². The number of aromatic amines is 1. The summed E-state index contributed by atoms with van der Waals surface area (Å²) < 4.78 is 0. The molecule has 0 aliphatic heterocycles. The molecule has 0 amide bonds. The zero-order valence-electron chi connectivity index (χ0n) is 12.5. The minimum atomic E-state index is 0.398. The Labute approximate surface area is 120 Å². The highest BCUT2D eigenvalue weighted by Crippen LogP contribution is 2.18. The number of nitrogens with one attached hydrogen (secondary N) is 3. The lowest BCUT2D eigenvalue weighted by Gasteiger charge is -2.14. The fraction of sp³-hybridized carbons (Fsp3) is 0.438. The number of guanidine groups is 1. The van der Waals surface area contributed by atoms with Crippen LogP contribution in [0.4, 0.5) is 0 Å². The van der Waals surface area contributed by atoms with E-state index in [2.05, 4.69) is 64.9 Å². The van der Waals surface area contributed by atoms with Crippen molar-refractivity contribution in [3.63, 3.8) is 0 Å². The van der Waals surface area contributed by atoms with Gasteiger partial charge in [0, 0.05) is 36.7 Å². The molecule has 0 saturated carbocycles. The molecule has 108 valence electrons. The van der Waals surface area contributed by atoms with E-state index in [1.165, 1.54) is 16.5 Å². The second kappa shape index (κ2) is 6.98. The van der Waals surface area contributed by atoms with Crippen molar-refractivity contribution in [2.45, 2.75) is 32.7 Å². The van der Waals surface area contributed by atoms with Gasteiger partial charge in [-0.05, 0) is 38.3 Å². The number of benzene rings is 1. The number of aryl methyl sites for hydroxylation is 1. The van der Waals surface area contributed by atoms with Gasteiger partial charge in [0.25, 0.3) is 0 Å². The molecular formula is C16H24N4. The number of H-pyrrole nitrogens is 1. The molecule has 1 aromatic carbocycles. The molecule has 1 aromatic heterocycles. The van der Waals surface area contributed by atoms with Crippen LogP contribution in [0.3, 0.4) is 0 Å². The van der Waals surface area contributed by atoms with Crippen molar-refractivity contribution in [1.82, 2.24) is 15.6 Å². The van der Waals surface area contributed by atoms with E-state index in [1.807, 2.05) is 0 Å². The van der Waals surface area contributed by atoms with Gasteiger partial charge >= 0.3 is 0 Å². The molecule has 0 spiro atoms. The first kappa shape index (κ1) is 14.4. The van der Waals surface area contributed by atoms with Gasteiger partial charge in [-0.25, -0.2) is 0 Å². The lowest BCUT2D eigenvalue weighted by atomic mass is 10.1. The second-order valence-corrected chi connectivity index (χ2v) is 5.26. The fourth-order valence-corrected chi connectivity index (χ4v) is 2.29. The quantitative estimate of drug-likeness (QED) is 0.445. The molecule has 0 bridgehead atoms. The van der Waals surface area contributed by atoms with E-state index in [-0.39, 0.29) is 0 Å². The van der Waals surface area contributed by atoms with E-state index >= 15 is 0 Å². The minimum absolute atomic E-state index is 0.398. The molecule has 0 aliphatic rings. The maximum absolute atomic E-state index is 4.20. The van der Waals surface area contributed by atoms with Gasteiger partial charge in [0.1, 0.15) is 0 Å². The Morgan fingerprint density at radius 3 is 2.85 bits per heavy atom. The van der Waals surface area contributed by atoms with Gasteiger partial charge in [0.15, 0.2) is 5.96 Å². The SMILES string of the molecule is CN=C(NCCCc1c[nH]c2ccccc12)NC(C)C. The minimum Gasteiger partial charge on any atom is -0.361 e. The topological polar surface area (TPSA) is 52.2 Å². The maximum Gasteiger partial charge on any atom is 0.191 e. The van der Waals surface area contributed by atoms with E-state index in [1.54, 1.807) is 7.05 Å². The highest BCUT2D eigenvalue weighted by atomic mass is 15.2. The third-order valence-corrected chi connectivity index (χ3v) is 3.24. The van der Waals surface area contributed by atoms with Crippen molar-refractivity contribution >= 4 is 16.9 Å². The van der Waals surface area contributed by atoms with Gasteiger partial charge in [-0.3, -0.25) is 4.99 Å². The summed E-state index contributed by atoms with van der Waals surface area (Å²) in [6.45, 7) is 5.14. The molecular weight excluding hydrogens is 248 g/mol. The van der Waals surface area contributed by atoms with E-state index in [4.69, 9.17) is 0 Å². The van der Waals surface area contributed by atoms with Crippen LogP contribution in [-0.4, -0.2) is 30.6 Å². The van der Waals surface area contributed by atoms with Gasteiger partial charge in [-0.2, -0.15) is 0 Å². The Bertz CT molecular complexity index is 569. The summed E-state index contributed by atoms with van der Waals surface area (Å²) in [7, 11) is 1.80. The smallest absolute Gasteiger partial charge is 0.191 e. The van der Waals surface area contributed by atoms with Crippen LogP contribution in [0.1, 0.15) is 25.8 Å². The molecule has 0 radical (unpaired) electrons. The van der Waals surface area contributed by atoms with Gasteiger partial charge in [-0.1, -0.05) is 18.2 Å². The van der Waals surface area contributed by atoms with Crippen molar-refractivity contribution < 1.29 is 0 Å². The van der Waals surface area contributed by atoms with Gasteiger partial charge in [0.05, 0.1) is 0 Å². The number of nitrogens with zero attached hydrogens (tertiary/aromatic N) is 1. The zero-order chi connectivity index (χ0) is 14.4. The Morgan fingerprint density at radius 1 is 1.30 bits per heavy atom. The predicted molar refractivity (Wildman–Crippen MR) is 86.3 cm³/mol. The Morgan fingerprint density at radius 2 is 2.10 bits per heavy atom. The number of fused-ring (bicyclic) bond motifs is 1. The molecule has 0 aliphatic carbocycles. The standard InChI is InChI=1S/C16H24N4/c1-12(2)20-16(17-3)18-10-6-7-13-11-19-15-9-5-4-8-14(13)15/h4-5,8-9,11-12,19H,6-7,10H2,1-3H3,(H2,17,18,20). The van der Waals surface area contributed by atoms with Crippen LogP contribution in [0.5, 0.6) is 0 Å². The van der Waals surface area contributed by atoms with Crippen LogP contribution in [0.25, 0.3) is 10.9 Å². The third-order valence-electron chi connectivity index (χ3n) is 3.24. The number of aliphatic imine (C=N–C) groups is 1. The molecule has 0 unspecified atom stereocenters. The summed E-state index contributed by atoms with van der Waals surface area (Å²) in [5.41, 5.74) is 2.60. The zero-order valence-corrected chi connectivity index (χ0v) is 12.5. The molecule has 0 saturated heterocycles. The van der Waals surface area contributed by atoms with Crippen LogP contribution in [0.2, 0.25) is 0 Å². The number of hydrogen-bond donors (Lipinski definition) is 3. The van der Waals surface area contributed by atoms with Gasteiger partial charge < -0.3 is 15.6 Å². The number of rotatable bonds is 5. The van der Waals surface area contributed by atoms with Crippen molar-refractivity contribution in [2.24, 2.45) is 4.99 Å². The van der Waals surface area contributed by atoms with E-state index in [0.29, 0.717) is 6.04 Å². The van der Waals surface area contributed by atoms with Crippen molar-refractivity contribution in [2.75, 3.05) is 13.6 Å². The molecule has 4 heteroatoms. The number of aromatic nitrogens is 1. The largest absolute Gasteiger partial charge is 0.361 e. The second-order valence-electron chi connectivity index (χ2n) is 5.26. The Kier molecular flexibility index (Phi) is 5.04. The molecule has 3 N–H and O–H groups in total. The van der Waals surface area contributed by atoms with Crippen molar-refractivity contribution in [3.05, 3.63) is 36.0 Å². The first-order valence-corrected chi connectivity index (χ1v) is 7.23. The average Bonchev–Trinajstić information content (AvgIpc) is 2.85. The van der Waals surface area contributed by atoms with Crippen LogP contribution >= 0.6 is 0 Å². The molecule has 20 heavy (non-hydrogen) atoms.